The van der Waals surface area contributed by atoms with Gasteiger partial charge in [0.05, 0.1) is 0 Å². The second-order valence-corrected chi connectivity index (χ2v) is 6.55. The predicted octanol–water partition coefficient (Wildman–Crippen LogP) is 6.29. The first-order valence-corrected chi connectivity index (χ1v) is 9.74. The smallest absolute Gasteiger partial charge is 0.394 e. The maximum atomic E-state index is 12.3. The molecule has 2 aromatic carbocycles. The first-order valence-electron chi connectivity index (χ1n) is 9.74. The van der Waals surface area contributed by atoms with Gasteiger partial charge in [0.2, 0.25) is 0 Å². The summed E-state index contributed by atoms with van der Waals surface area (Å²) in [6.45, 7) is 8.44. The summed E-state index contributed by atoms with van der Waals surface area (Å²) < 4.78 is 11.0. The first kappa shape index (κ1) is 20.0. The van der Waals surface area contributed by atoms with Crippen molar-refractivity contribution in [2.75, 3.05) is 0 Å². The predicted molar refractivity (Wildman–Crippen MR) is 106 cm³/mol. The third-order valence-corrected chi connectivity index (χ3v) is 4.48. The number of hydrogen-bond acceptors (Lipinski definition) is 3. The molecule has 0 unspecified atom stereocenters. The lowest BCUT2D eigenvalue weighted by molar-refractivity contribution is 0.151. The van der Waals surface area contributed by atoms with Gasteiger partial charge in [-0.1, -0.05) is 64.8 Å². The average Bonchev–Trinajstić information content (AvgIpc) is 2.64. The van der Waals surface area contributed by atoms with Crippen LogP contribution in [0.25, 0.3) is 0 Å². The number of benzene rings is 2. The molecule has 0 spiro atoms. The van der Waals surface area contributed by atoms with Crippen molar-refractivity contribution in [1.82, 2.24) is 0 Å². The summed E-state index contributed by atoms with van der Waals surface area (Å²) >= 11 is 0. The van der Waals surface area contributed by atoms with Gasteiger partial charge in [-0.3, -0.25) is 0 Å². The Morgan fingerprint density at radius 2 is 1.15 bits per heavy atom. The summed E-state index contributed by atoms with van der Waals surface area (Å²) in [5.74, 6) is 1.16. The van der Waals surface area contributed by atoms with Gasteiger partial charge in [-0.2, -0.15) is 0 Å². The molecule has 0 aliphatic heterocycles. The summed E-state index contributed by atoms with van der Waals surface area (Å²) in [5, 5.41) is 0. The molecule has 0 aromatic heterocycles. The molecule has 0 saturated heterocycles. The highest BCUT2D eigenvalue weighted by Gasteiger charge is 2.14. The fourth-order valence-corrected chi connectivity index (χ4v) is 3.11. The minimum Gasteiger partial charge on any atom is -0.394 e. The highest BCUT2D eigenvalue weighted by atomic mass is 16.7. The number of rotatable bonds is 8. The van der Waals surface area contributed by atoms with Crippen molar-refractivity contribution >= 4 is 6.16 Å². The summed E-state index contributed by atoms with van der Waals surface area (Å²) in [7, 11) is 0. The van der Waals surface area contributed by atoms with Gasteiger partial charge in [-0.25, -0.2) is 4.79 Å². The second-order valence-electron chi connectivity index (χ2n) is 6.55. The van der Waals surface area contributed by atoms with Gasteiger partial charge in [-0.15, -0.1) is 0 Å². The monoisotopic (exact) mass is 354 g/mol. The largest absolute Gasteiger partial charge is 0.519 e. The molecule has 0 aliphatic rings. The Kier molecular flexibility index (Phi) is 7.71. The molecule has 2 rings (SSSR count). The normalized spacial score (nSPS) is 10.6. The Balaban J connectivity index is 2.11. The van der Waals surface area contributed by atoms with E-state index < -0.39 is 6.16 Å². The van der Waals surface area contributed by atoms with E-state index in [4.69, 9.17) is 9.47 Å². The highest BCUT2D eigenvalue weighted by Crippen LogP contribution is 2.25. The number of aryl methyl sites for hydroxylation is 4. The fourth-order valence-electron chi connectivity index (χ4n) is 3.11. The minimum absolute atomic E-state index is 0.581. The van der Waals surface area contributed by atoms with Crippen LogP contribution in [0.4, 0.5) is 4.79 Å². The van der Waals surface area contributed by atoms with Crippen LogP contribution in [0.5, 0.6) is 11.5 Å². The molecule has 0 aliphatic carbocycles. The molecule has 3 nitrogen and oxygen atoms in total. The van der Waals surface area contributed by atoms with Crippen molar-refractivity contribution in [1.29, 1.82) is 0 Å². The average molecular weight is 354 g/mol. The van der Waals surface area contributed by atoms with Crippen LogP contribution in [-0.4, -0.2) is 6.16 Å². The van der Waals surface area contributed by atoms with Crippen LogP contribution in [0.1, 0.15) is 62.8 Å². The number of hydrogen-bond donors (Lipinski definition) is 0. The van der Waals surface area contributed by atoms with Gasteiger partial charge in [-0.05, 0) is 60.1 Å². The van der Waals surface area contributed by atoms with E-state index in [1.807, 2.05) is 24.3 Å². The molecular formula is C23H30O3. The summed E-state index contributed by atoms with van der Waals surface area (Å²) in [6.07, 6.45) is 5.20. The molecule has 2 aromatic rings. The quantitative estimate of drug-likeness (QED) is 0.412. The molecule has 0 amide bonds. The van der Waals surface area contributed by atoms with Crippen molar-refractivity contribution in [2.45, 2.75) is 66.2 Å². The molecule has 3 heteroatoms. The topological polar surface area (TPSA) is 35.5 Å². The summed E-state index contributed by atoms with van der Waals surface area (Å²) in [6, 6.07) is 12.0. The molecule has 0 bridgehead atoms. The second kappa shape index (κ2) is 10.0. The van der Waals surface area contributed by atoms with Gasteiger partial charge in [0.1, 0.15) is 11.5 Å². The van der Waals surface area contributed by atoms with Crippen molar-refractivity contribution in [3.63, 3.8) is 0 Å². The van der Waals surface area contributed by atoms with E-state index in [1.54, 1.807) is 0 Å². The molecule has 26 heavy (non-hydrogen) atoms. The van der Waals surface area contributed by atoms with Crippen LogP contribution >= 0.6 is 0 Å². The van der Waals surface area contributed by atoms with Crippen LogP contribution in [0.15, 0.2) is 36.4 Å². The zero-order valence-corrected chi connectivity index (χ0v) is 16.4. The van der Waals surface area contributed by atoms with Gasteiger partial charge < -0.3 is 9.47 Å². The van der Waals surface area contributed by atoms with Crippen LogP contribution in [-0.2, 0) is 25.7 Å². The van der Waals surface area contributed by atoms with Crippen molar-refractivity contribution in [3.8, 4) is 11.5 Å². The lowest BCUT2D eigenvalue weighted by Gasteiger charge is -2.13. The molecular weight excluding hydrogens is 324 g/mol. The molecule has 140 valence electrons. The van der Waals surface area contributed by atoms with Gasteiger partial charge in [0.15, 0.2) is 0 Å². The fraction of sp³-hybridized carbons (Fsp3) is 0.435. The molecule has 0 N–H and O–H groups in total. The third kappa shape index (κ3) is 5.35. The lowest BCUT2D eigenvalue weighted by atomic mass is 10.0. The van der Waals surface area contributed by atoms with E-state index in [0.29, 0.717) is 11.5 Å². The Morgan fingerprint density at radius 3 is 1.50 bits per heavy atom. The molecule has 0 radical (unpaired) electrons. The number of ether oxygens (including phenoxy) is 2. The molecule has 0 saturated carbocycles. The number of carbonyl (C=O) groups is 1. The van der Waals surface area contributed by atoms with E-state index in [-0.39, 0.29) is 0 Å². The maximum Gasteiger partial charge on any atom is 0.519 e. The van der Waals surface area contributed by atoms with Gasteiger partial charge >= 0.3 is 6.16 Å². The van der Waals surface area contributed by atoms with Crippen LogP contribution in [0, 0.1) is 0 Å². The summed E-state index contributed by atoms with van der Waals surface area (Å²) in [5.41, 5.74) is 4.60. The summed E-state index contributed by atoms with van der Waals surface area (Å²) in [4.78, 5) is 12.3. The van der Waals surface area contributed by atoms with Crippen molar-refractivity contribution in [2.24, 2.45) is 0 Å². The van der Waals surface area contributed by atoms with E-state index in [1.165, 1.54) is 11.1 Å². The Labute approximate surface area is 157 Å². The van der Waals surface area contributed by atoms with E-state index in [9.17, 15) is 4.79 Å². The van der Waals surface area contributed by atoms with Crippen LogP contribution in [0.3, 0.4) is 0 Å². The Morgan fingerprint density at radius 1 is 0.731 bits per heavy atom. The minimum atomic E-state index is -0.680. The lowest BCUT2D eigenvalue weighted by Crippen LogP contribution is -2.15. The van der Waals surface area contributed by atoms with E-state index >= 15 is 0 Å². The van der Waals surface area contributed by atoms with Gasteiger partial charge in [0, 0.05) is 0 Å². The SMILES string of the molecule is CCCc1ccc(OC(=O)Oc2ccc(CCC)cc2CC)c(CC)c1. The van der Waals surface area contributed by atoms with Gasteiger partial charge in [0.25, 0.3) is 0 Å². The number of carbonyl (C=O) groups excluding carboxylic acids is 1. The van der Waals surface area contributed by atoms with Crippen molar-refractivity contribution < 1.29 is 14.3 Å². The first-order chi connectivity index (χ1) is 12.6. The molecule has 0 heterocycles. The van der Waals surface area contributed by atoms with Crippen molar-refractivity contribution in [3.05, 3.63) is 58.7 Å². The molecule has 0 atom stereocenters. The highest BCUT2D eigenvalue weighted by molar-refractivity contribution is 5.68. The maximum absolute atomic E-state index is 12.3. The van der Waals surface area contributed by atoms with Crippen LogP contribution < -0.4 is 9.47 Å². The van der Waals surface area contributed by atoms with E-state index in [2.05, 4.69) is 39.8 Å². The molecule has 0 fully saturated rings. The van der Waals surface area contributed by atoms with Crippen LogP contribution in [0.2, 0.25) is 0 Å². The zero-order valence-electron chi connectivity index (χ0n) is 16.4. The standard InChI is InChI=1S/C23H30O3/c1-5-9-17-11-13-21(19(7-3)15-17)25-23(24)26-22-14-12-18(10-6-2)16-20(22)8-4/h11-16H,5-10H2,1-4H3. The third-order valence-electron chi connectivity index (χ3n) is 4.48. The van der Waals surface area contributed by atoms with E-state index in [0.717, 1.165) is 49.7 Å². The zero-order chi connectivity index (χ0) is 18.9. The Bertz CT molecular complexity index is 673. The Hall–Kier alpha value is -2.29.